The van der Waals surface area contributed by atoms with Crippen LogP contribution in [0.15, 0.2) is 24.5 Å². The van der Waals surface area contributed by atoms with Gasteiger partial charge in [0.2, 0.25) is 6.20 Å². The first-order valence-corrected chi connectivity index (χ1v) is 2.64. The van der Waals surface area contributed by atoms with Gasteiger partial charge in [0.25, 0.3) is 0 Å². The van der Waals surface area contributed by atoms with Crippen LogP contribution in [-0.4, -0.2) is 0 Å². The smallest absolute Gasteiger partial charge is 0.451 e. The highest BCUT2D eigenvalue weighted by Crippen LogP contribution is 1.98. The van der Waals surface area contributed by atoms with Crippen molar-refractivity contribution in [2.24, 2.45) is 0 Å². The fourth-order valence-corrected chi connectivity index (χ4v) is 0.584. The number of nitrogens with zero attached hydrogens (tertiary/aromatic N) is 1. The van der Waals surface area contributed by atoms with Gasteiger partial charge in [-0.2, -0.15) is 0 Å². The Hall–Kier alpha value is -0.580. The van der Waals surface area contributed by atoms with Gasteiger partial charge in [0, 0.05) is 6.07 Å². The summed E-state index contributed by atoms with van der Waals surface area (Å²) in [6, 6.07) is 2.33. The fraction of sp³-hybridized carbons (Fsp3) is 0.167. The molecular weight excluding hydrogens is 223 g/mol. The van der Waals surface area contributed by atoms with Crippen molar-refractivity contribution in [1.29, 1.82) is 0 Å². The maximum atomic E-state index is 12.2. The van der Waals surface area contributed by atoms with Crippen LogP contribution < -0.4 is 21.5 Å². The van der Waals surface area contributed by atoms with Gasteiger partial charge >= 0.3 is 6.55 Å². The Morgan fingerprint density at radius 2 is 2.00 bits per heavy atom. The molecule has 0 saturated carbocycles. The molecule has 0 saturated heterocycles. The van der Waals surface area contributed by atoms with Crippen LogP contribution in [0.2, 0.25) is 0 Å². The van der Waals surface area contributed by atoms with Crippen molar-refractivity contribution < 1.29 is 34.7 Å². The number of hydrogen-bond acceptors (Lipinski definition) is 0. The van der Waals surface area contributed by atoms with Gasteiger partial charge in [-0.05, 0) is 6.07 Å². The van der Waals surface area contributed by atoms with Crippen LogP contribution in [0.25, 0.3) is 0 Å². The first kappa shape index (κ1) is 10.4. The lowest BCUT2D eigenvalue weighted by Crippen LogP contribution is -3.00. The molecule has 1 aromatic heterocycles. The van der Waals surface area contributed by atoms with E-state index in [-0.39, 0.29) is 17.0 Å². The minimum atomic E-state index is -2.67. The van der Waals surface area contributed by atoms with Gasteiger partial charge in [-0.3, -0.25) is 0 Å². The van der Waals surface area contributed by atoms with Gasteiger partial charge in [-0.15, -0.1) is 13.3 Å². The molecule has 0 aliphatic heterocycles. The predicted octanol–water partition coefficient (Wildman–Crippen LogP) is -1.49. The predicted molar refractivity (Wildman–Crippen MR) is 27.8 cm³/mol. The van der Waals surface area contributed by atoms with Crippen molar-refractivity contribution in [2.75, 3.05) is 0 Å². The Bertz CT molecular complexity index is 229. The number of rotatable bonds is 1. The van der Waals surface area contributed by atoms with E-state index in [2.05, 4.69) is 0 Å². The van der Waals surface area contributed by atoms with Crippen molar-refractivity contribution in [3.63, 3.8) is 0 Å². The summed E-state index contributed by atoms with van der Waals surface area (Å²) in [7, 11) is 0. The summed E-state index contributed by atoms with van der Waals surface area (Å²) in [4.78, 5) is 0. The second-order valence-electron chi connectivity index (χ2n) is 1.75. The molecule has 0 N–H and O–H groups in total. The Morgan fingerprint density at radius 3 is 2.36 bits per heavy atom. The number of aromatic nitrogens is 1. The second kappa shape index (κ2) is 4.33. The molecule has 0 aromatic carbocycles. The van der Waals surface area contributed by atoms with Crippen LogP contribution in [0.5, 0.6) is 0 Å². The largest absolute Gasteiger partial charge is 1.00 e. The molecule has 0 fully saturated rings. The number of halogens is 4. The Labute approximate surface area is 72.2 Å². The third-order valence-electron chi connectivity index (χ3n) is 1.01. The number of pyridine rings is 1. The minimum Gasteiger partial charge on any atom is -1.00 e. The minimum absolute atomic E-state index is 0. The van der Waals surface area contributed by atoms with Crippen molar-refractivity contribution >= 4 is 0 Å². The van der Waals surface area contributed by atoms with Gasteiger partial charge in [0.15, 0.2) is 12.0 Å². The summed E-state index contributed by atoms with van der Waals surface area (Å²) < 4.78 is 36.2. The topological polar surface area (TPSA) is 3.88 Å². The van der Waals surface area contributed by atoms with Crippen molar-refractivity contribution in [1.82, 2.24) is 0 Å². The van der Waals surface area contributed by atoms with E-state index in [1.165, 1.54) is 6.07 Å². The highest BCUT2D eigenvalue weighted by Gasteiger charge is 2.13. The van der Waals surface area contributed by atoms with Crippen molar-refractivity contribution in [2.45, 2.75) is 6.55 Å². The fourth-order valence-electron chi connectivity index (χ4n) is 0.584. The van der Waals surface area contributed by atoms with E-state index in [0.717, 1.165) is 18.5 Å². The SMILES string of the molecule is Fc1ccc[n+](C(F)F)c1.[Br-]. The lowest BCUT2D eigenvalue weighted by atomic mass is 10.5. The Kier molecular flexibility index (Phi) is 4.10. The third kappa shape index (κ3) is 2.88. The Balaban J connectivity index is 0.000001000. The zero-order valence-electron chi connectivity index (χ0n) is 5.35. The molecule has 1 rings (SSSR count). The molecule has 0 bridgehead atoms. The van der Waals surface area contributed by atoms with E-state index >= 15 is 0 Å². The van der Waals surface area contributed by atoms with Crippen LogP contribution in [0, 0.1) is 5.82 Å². The normalized spacial score (nSPS) is 9.45. The van der Waals surface area contributed by atoms with E-state index in [9.17, 15) is 13.2 Å². The molecule has 0 aliphatic carbocycles. The second-order valence-corrected chi connectivity index (χ2v) is 1.75. The van der Waals surface area contributed by atoms with Gasteiger partial charge in [0.1, 0.15) is 0 Å². The van der Waals surface area contributed by atoms with Crippen molar-refractivity contribution in [3.8, 4) is 0 Å². The lowest BCUT2D eigenvalue weighted by Gasteiger charge is -1.90. The first-order chi connectivity index (χ1) is 4.70. The quantitative estimate of drug-likeness (QED) is 0.516. The molecule has 0 atom stereocenters. The van der Waals surface area contributed by atoms with Gasteiger partial charge in [-0.1, -0.05) is 0 Å². The molecule has 0 spiro atoms. The van der Waals surface area contributed by atoms with Gasteiger partial charge in [0.05, 0.1) is 0 Å². The summed E-state index contributed by atoms with van der Waals surface area (Å²) in [5, 5.41) is 0. The van der Waals surface area contributed by atoms with Gasteiger partial charge in [-0.25, -0.2) is 4.39 Å². The average Bonchev–Trinajstić information content (AvgIpc) is 1.88. The molecular formula is C6H5BrF3N. The molecule has 1 nitrogen and oxygen atoms in total. The van der Waals surface area contributed by atoms with Crippen LogP contribution in [-0.2, 0) is 0 Å². The molecule has 1 aromatic rings. The zero-order valence-corrected chi connectivity index (χ0v) is 6.93. The highest BCUT2D eigenvalue weighted by atomic mass is 79.9. The summed E-state index contributed by atoms with van der Waals surface area (Å²) in [6.07, 6.45) is 1.85. The first-order valence-electron chi connectivity index (χ1n) is 2.64. The molecule has 1 heterocycles. The van der Waals surface area contributed by atoms with Crippen LogP contribution >= 0.6 is 0 Å². The molecule has 0 aliphatic rings. The molecule has 0 radical (unpaired) electrons. The lowest BCUT2D eigenvalue weighted by molar-refractivity contribution is -0.774. The molecule has 0 amide bonds. The van der Waals surface area contributed by atoms with E-state index in [1.807, 2.05) is 0 Å². The maximum absolute atomic E-state index is 12.2. The van der Waals surface area contributed by atoms with Crippen LogP contribution in [0.1, 0.15) is 6.55 Å². The summed E-state index contributed by atoms with van der Waals surface area (Å²) in [6.45, 7) is -2.67. The maximum Gasteiger partial charge on any atom is 0.451 e. The monoisotopic (exact) mass is 227 g/mol. The average molecular weight is 228 g/mol. The zero-order chi connectivity index (χ0) is 7.56. The van der Waals surface area contributed by atoms with E-state index in [0.29, 0.717) is 4.57 Å². The van der Waals surface area contributed by atoms with E-state index < -0.39 is 12.4 Å². The Morgan fingerprint density at radius 1 is 1.36 bits per heavy atom. The van der Waals surface area contributed by atoms with E-state index in [4.69, 9.17) is 0 Å². The van der Waals surface area contributed by atoms with Crippen LogP contribution in [0.4, 0.5) is 13.2 Å². The molecule has 0 unspecified atom stereocenters. The third-order valence-corrected chi connectivity index (χ3v) is 1.01. The van der Waals surface area contributed by atoms with Gasteiger partial charge < -0.3 is 17.0 Å². The molecule has 62 valence electrons. The standard InChI is InChI=1S/C6H5F3N.BrH/c7-5-2-1-3-10(4-5)6(8)9;/h1-4,6H;1H/q+1;/p-1. The summed E-state index contributed by atoms with van der Waals surface area (Å²) >= 11 is 0. The molecule has 11 heavy (non-hydrogen) atoms. The number of alkyl halides is 2. The number of hydrogen-bond donors (Lipinski definition) is 0. The molecule has 5 heteroatoms. The van der Waals surface area contributed by atoms with Crippen molar-refractivity contribution in [3.05, 3.63) is 30.3 Å². The summed E-state index contributed by atoms with van der Waals surface area (Å²) in [5.74, 6) is -0.664. The van der Waals surface area contributed by atoms with E-state index in [1.54, 1.807) is 0 Å². The van der Waals surface area contributed by atoms with Crippen LogP contribution in [0.3, 0.4) is 0 Å². The summed E-state index contributed by atoms with van der Waals surface area (Å²) in [5.41, 5.74) is 0. The highest BCUT2D eigenvalue weighted by molar-refractivity contribution is 4.87.